The van der Waals surface area contributed by atoms with Gasteiger partial charge in [-0.3, -0.25) is 4.79 Å². The van der Waals surface area contributed by atoms with E-state index in [0.717, 1.165) is 15.6 Å². The highest BCUT2D eigenvalue weighted by Crippen LogP contribution is 2.23. The Morgan fingerprint density at radius 1 is 1.06 bits per heavy atom. The van der Waals surface area contributed by atoms with Crippen LogP contribution in [0.1, 0.15) is 32.1 Å². The Morgan fingerprint density at radius 2 is 1.77 bits per heavy atom. The standard InChI is InChI=1S/C26H28BrN3O5/c1-26(2,3)35-25(32)29-22(17-33-16-18-7-5-4-6-8-18)24(31)30-28-15-21-13-14-23(34-21)19-9-11-20(27)12-10-19/h4-15,22H,16-17H2,1-3H3,(H,29,32)(H,30,31)/b28-15-/t22-/m0/s1. The topological polar surface area (TPSA) is 102 Å². The molecular formula is C26H28BrN3O5. The van der Waals surface area contributed by atoms with Crippen LogP contribution < -0.4 is 10.7 Å². The van der Waals surface area contributed by atoms with Gasteiger partial charge in [0.25, 0.3) is 5.91 Å². The minimum Gasteiger partial charge on any atom is -0.455 e. The quantitative estimate of drug-likeness (QED) is 0.284. The Labute approximate surface area is 212 Å². The number of halogens is 1. The molecule has 0 radical (unpaired) electrons. The van der Waals surface area contributed by atoms with Gasteiger partial charge in [-0.15, -0.1) is 0 Å². The number of benzene rings is 2. The van der Waals surface area contributed by atoms with Crippen molar-refractivity contribution in [2.75, 3.05) is 6.61 Å². The SMILES string of the molecule is CC(C)(C)OC(=O)N[C@@H](COCc1ccccc1)C(=O)N/N=C\c1ccc(-c2ccc(Br)cc2)o1. The summed E-state index contributed by atoms with van der Waals surface area (Å²) in [6.07, 6.45) is 0.658. The van der Waals surface area contributed by atoms with Crippen LogP contribution in [0.5, 0.6) is 0 Å². The summed E-state index contributed by atoms with van der Waals surface area (Å²) in [4.78, 5) is 25.0. The molecule has 0 bridgehead atoms. The maximum Gasteiger partial charge on any atom is 0.408 e. The number of hydrazone groups is 1. The number of hydrogen-bond acceptors (Lipinski definition) is 6. The molecule has 2 amide bonds. The monoisotopic (exact) mass is 541 g/mol. The van der Waals surface area contributed by atoms with Crippen molar-refractivity contribution in [2.45, 2.75) is 39.0 Å². The van der Waals surface area contributed by atoms with Crippen LogP contribution >= 0.6 is 15.9 Å². The van der Waals surface area contributed by atoms with E-state index in [2.05, 4.69) is 31.8 Å². The van der Waals surface area contributed by atoms with Gasteiger partial charge in [0.05, 0.1) is 19.4 Å². The molecule has 1 heterocycles. The molecule has 35 heavy (non-hydrogen) atoms. The average molecular weight is 542 g/mol. The van der Waals surface area contributed by atoms with Gasteiger partial charge in [-0.2, -0.15) is 5.10 Å². The van der Waals surface area contributed by atoms with Crippen molar-refractivity contribution >= 4 is 34.1 Å². The van der Waals surface area contributed by atoms with E-state index in [1.807, 2.05) is 60.7 Å². The van der Waals surface area contributed by atoms with E-state index in [1.165, 1.54) is 6.21 Å². The van der Waals surface area contributed by atoms with Gasteiger partial charge in [0.1, 0.15) is 23.2 Å². The van der Waals surface area contributed by atoms with Gasteiger partial charge in [0, 0.05) is 10.0 Å². The number of rotatable bonds is 9. The van der Waals surface area contributed by atoms with Gasteiger partial charge in [0.15, 0.2) is 0 Å². The molecule has 8 nitrogen and oxygen atoms in total. The fourth-order valence-corrected chi connectivity index (χ4v) is 3.19. The van der Waals surface area contributed by atoms with Crippen molar-refractivity contribution in [3.63, 3.8) is 0 Å². The Balaban J connectivity index is 1.59. The number of ether oxygens (including phenoxy) is 2. The molecule has 0 saturated carbocycles. The van der Waals surface area contributed by atoms with Crippen molar-refractivity contribution < 1.29 is 23.5 Å². The smallest absolute Gasteiger partial charge is 0.408 e. The number of nitrogens with zero attached hydrogens (tertiary/aromatic N) is 1. The molecule has 3 rings (SSSR count). The Morgan fingerprint density at radius 3 is 2.46 bits per heavy atom. The number of nitrogens with one attached hydrogen (secondary N) is 2. The lowest BCUT2D eigenvalue weighted by molar-refractivity contribution is -0.124. The number of carbonyl (C=O) groups excluding carboxylic acids is 2. The zero-order chi connectivity index (χ0) is 25.3. The number of carbonyl (C=O) groups is 2. The average Bonchev–Trinajstić information content (AvgIpc) is 3.27. The maximum atomic E-state index is 12.7. The van der Waals surface area contributed by atoms with Gasteiger partial charge in [-0.05, 0) is 50.6 Å². The van der Waals surface area contributed by atoms with Crippen molar-refractivity contribution in [1.82, 2.24) is 10.7 Å². The third kappa shape index (κ3) is 9.03. The summed E-state index contributed by atoms with van der Waals surface area (Å²) in [7, 11) is 0. The first-order valence-corrected chi connectivity index (χ1v) is 11.8. The van der Waals surface area contributed by atoms with Crippen LogP contribution in [0.3, 0.4) is 0 Å². The second kappa shape index (κ2) is 12.3. The number of amides is 2. The lowest BCUT2D eigenvalue weighted by Gasteiger charge is -2.22. The minimum absolute atomic E-state index is 0.0655. The lowest BCUT2D eigenvalue weighted by Crippen LogP contribution is -2.49. The first-order valence-electron chi connectivity index (χ1n) is 11.0. The van der Waals surface area contributed by atoms with Gasteiger partial charge in [-0.25, -0.2) is 10.2 Å². The molecule has 1 atom stereocenters. The molecule has 0 spiro atoms. The normalized spacial score (nSPS) is 12.3. The summed E-state index contributed by atoms with van der Waals surface area (Å²) in [6, 6.07) is 19.8. The molecule has 0 aliphatic carbocycles. The van der Waals surface area contributed by atoms with E-state index in [-0.39, 0.29) is 13.2 Å². The van der Waals surface area contributed by atoms with Crippen LogP contribution in [0.15, 0.2) is 80.7 Å². The molecule has 0 fully saturated rings. The highest BCUT2D eigenvalue weighted by molar-refractivity contribution is 9.10. The maximum absolute atomic E-state index is 12.7. The molecule has 1 aromatic heterocycles. The van der Waals surface area contributed by atoms with Gasteiger partial charge in [-0.1, -0.05) is 58.4 Å². The molecule has 0 aliphatic rings. The van der Waals surface area contributed by atoms with E-state index >= 15 is 0 Å². The minimum atomic E-state index is -1.01. The zero-order valence-electron chi connectivity index (χ0n) is 19.8. The molecule has 2 N–H and O–H groups in total. The highest BCUT2D eigenvalue weighted by Gasteiger charge is 2.24. The van der Waals surface area contributed by atoms with Gasteiger partial charge >= 0.3 is 6.09 Å². The molecule has 2 aromatic carbocycles. The highest BCUT2D eigenvalue weighted by atomic mass is 79.9. The number of hydrogen-bond donors (Lipinski definition) is 2. The molecular weight excluding hydrogens is 514 g/mol. The van der Waals surface area contributed by atoms with Crippen molar-refractivity contribution in [3.05, 3.63) is 82.5 Å². The second-order valence-corrected chi connectivity index (χ2v) is 9.56. The molecule has 184 valence electrons. The summed E-state index contributed by atoms with van der Waals surface area (Å²) in [6.45, 7) is 5.44. The van der Waals surface area contributed by atoms with Crippen LogP contribution in [0.4, 0.5) is 4.79 Å². The number of furan rings is 1. The van der Waals surface area contributed by atoms with Crippen LogP contribution in [-0.4, -0.2) is 36.5 Å². The fourth-order valence-electron chi connectivity index (χ4n) is 2.93. The Bertz CT molecular complexity index is 1140. The van der Waals surface area contributed by atoms with E-state index in [4.69, 9.17) is 13.9 Å². The summed E-state index contributed by atoms with van der Waals surface area (Å²) >= 11 is 3.40. The summed E-state index contributed by atoms with van der Waals surface area (Å²) < 4.78 is 17.6. The van der Waals surface area contributed by atoms with E-state index in [0.29, 0.717) is 11.5 Å². The zero-order valence-corrected chi connectivity index (χ0v) is 21.4. The first-order chi connectivity index (χ1) is 16.7. The second-order valence-electron chi connectivity index (χ2n) is 8.64. The largest absolute Gasteiger partial charge is 0.455 e. The fraction of sp³-hybridized carbons (Fsp3) is 0.269. The van der Waals surface area contributed by atoms with Crippen LogP contribution in [0, 0.1) is 0 Å². The number of alkyl carbamates (subject to hydrolysis) is 1. The molecule has 9 heteroatoms. The summed E-state index contributed by atoms with van der Waals surface area (Å²) in [5, 5.41) is 6.50. The molecule has 0 saturated heterocycles. The first kappa shape index (κ1) is 26.2. The predicted octanol–water partition coefficient (Wildman–Crippen LogP) is 5.27. The van der Waals surface area contributed by atoms with Gasteiger partial charge in [0.2, 0.25) is 0 Å². The van der Waals surface area contributed by atoms with Gasteiger partial charge < -0.3 is 19.2 Å². The third-order valence-electron chi connectivity index (χ3n) is 4.53. The van der Waals surface area contributed by atoms with Crippen molar-refractivity contribution in [2.24, 2.45) is 5.10 Å². The third-order valence-corrected chi connectivity index (χ3v) is 5.05. The predicted molar refractivity (Wildman–Crippen MR) is 137 cm³/mol. The lowest BCUT2D eigenvalue weighted by atomic mass is 10.2. The van der Waals surface area contributed by atoms with Crippen molar-refractivity contribution in [1.29, 1.82) is 0 Å². The summed E-state index contributed by atoms with van der Waals surface area (Å²) in [5.74, 6) is 0.573. The summed E-state index contributed by atoms with van der Waals surface area (Å²) in [5.41, 5.74) is 3.57. The molecule has 0 unspecified atom stereocenters. The van der Waals surface area contributed by atoms with E-state index < -0.39 is 23.6 Å². The van der Waals surface area contributed by atoms with E-state index in [1.54, 1.807) is 26.8 Å². The Hall–Kier alpha value is -3.43. The van der Waals surface area contributed by atoms with Crippen LogP contribution in [0.2, 0.25) is 0 Å². The molecule has 3 aromatic rings. The van der Waals surface area contributed by atoms with Crippen LogP contribution in [0.25, 0.3) is 11.3 Å². The Kier molecular flexibility index (Phi) is 9.22. The van der Waals surface area contributed by atoms with Crippen LogP contribution in [-0.2, 0) is 20.9 Å². The van der Waals surface area contributed by atoms with Crippen molar-refractivity contribution in [3.8, 4) is 11.3 Å². The molecule has 0 aliphatic heterocycles. The van der Waals surface area contributed by atoms with E-state index in [9.17, 15) is 9.59 Å².